The molecule has 0 amide bonds. The third kappa shape index (κ3) is 5.11. The second kappa shape index (κ2) is 8.64. The van der Waals surface area contributed by atoms with Crippen LogP contribution in [0.3, 0.4) is 0 Å². The van der Waals surface area contributed by atoms with Gasteiger partial charge < -0.3 is 15.0 Å². The maximum Gasteiger partial charge on any atom is 0.573 e. The zero-order chi connectivity index (χ0) is 21.9. The van der Waals surface area contributed by atoms with Gasteiger partial charge in [-0.15, -0.1) is 13.2 Å². The normalized spacial score (nSPS) is 15.8. The number of sulfonamides is 1. The van der Waals surface area contributed by atoms with Crippen LogP contribution in [0.1, 0.15) is 12.6 Å². The minimum atomic E-state index is -4.99. The van der Waals surface area contributed by atoms with Crippen LogP contribution in [0.4, 0.5) is 24.9 Å². The van der Waals surface area contributed by atoms with Gasteiger partial charge in [-0.2, -0.15) is 9.29 Å². The van der Waals surface area contributed by atoms with Crippen LogP contribution in [0.15, 0.2) is 35.2 Å². The van der Waals surface area contributed by atoms with Crippen LogP contribution in [-0.4, -0.2) is 61.8 Å². The van der Waals surface area contributed by atoms with Crippen LogP contribution in [0, 0.1) is 6.92 Å². The van der Waals surface area contributed by atoms with Gasteiger partial charge in [-0.3, -0.25) is 0 Å². The van der Waals surface area contributed by atoms with Crippen molar-refractivity contribution in [1.82, 2.24) is 14.3 Å². The topological polar surface area (TPSA) is 87.7 Å². The highest BCUT2D eigenvalue weighted by Crippen LogP contribution is 2.31. The highest BCUT2D eigenvalue weighted by Gasteiger charge is 2.36. The van der Waals surface area contributed by atoms with E-state index in [-0.39, 0.29) is 13.1 Å². The van der Waals surface area contributed by atoms with E-state index >= 15 is 0 Å². The number of aryl methyl sites for hydroxylation is 1. The average Bonchev–Trinajstić information content (AvgIpc) is 2.67. The van der Waals surface area contributed by atoms with Gasteiger partial charge >= 0.3 is 6.36 Å². The second-order valence-electron chi connectivity index (χ2n) is 6.61. The molecule has 0 spiro atoms. The molecule has 0 saturated carbocycles. The molecule has 0 atom stereocenters. The van der Waals surface area contributed by atoms with Crippen LogP contribution in [-0.2, 0) is 10.0 Å². The van der Waals surface area contributed by atoms with E-state index in [1.54, 1.807) is 0 Å². The number of hydrogen-bond acceptors (Lipinski definition) is 7. The number of benzene rings is 1. The Morgan fingerprint density at radius 3 is 2.43 bits per heavy atom. The predicted octanol–water partition coefficient (Wildman–Crippen LogP) is 2.63. The van der Waals surface area contributed by atoms with E-state index in [4.69, 9.17) is 0 Å². The lowest BCUT2D eigenvalue weighted by Crippen LogP contribution is -2.49. The molecular formula is C18H22F3N5O3S. The number of alkyl halides is 3. The Bertz CT molecular complexity index is 993. The molecule has 30 heavy (non-hydrogen) atoms. The van der Waals surface area contributed by atoms with Crippen LogP contribution in [0.5, 0.6) is 5.75 Å². The van der Waals surface area contributed by atoms with Crippen LogP contribution in [0.2, 0.25) is 0 Å². The van der Waals surface area contributed by atoms with E-state index in [9.17, 15) is 21.6 Å². The largest absolute Gasteiger partial charge is 0.573 e. The molecule has 1 aliphatic rings. The van der Waals surface area contributed by atoms with Crippen LogP contribution in [0.25, 0.3) is 0 Å². The zero-order valence-electron chi connectivity index (χ0n) is 16.5. The molecule has 1 aromatic carbocycles. The van der Waals surface area contributed by atoms with Gasteiger partial charge in [-0.1, -0.05) is 12.1 Å². The van der Waals surface area contributed by atoms with Gasteiger partial charge in [0.05, 0.1) is 0 Å². The zero-order valence-corrected chi connectivity index (χ0v) is 17.3. The quantitative estimate of drug-likeness (QED) is 0.731. The Morgan fingerprint density at radius 1 is 1.13 bits per heavy atom. The predicted molar refractivity (Wildman–Crippen MR) is 105 cm³/mol. The van der Waals surface area contributed by atoms with E-state index in [1.165, 1.54) is 12.1 Å². The minimum absolute atomic E-state index is 0.0799. The van der Waals surface area contributed by atoms with Gasteiger partial charge in [-0.05, 0) is 26.0 Å². The van der Waals surface area contributed by atoms with Crippen molar-refractivity contribution < 1.29 is 26.3 Å². The molecule has 1 fully saturated rings. The highest BCUT2D eigenvalue weighted by molar-refractivity contribution is 7.89. The lowest BCUT2D eigenvalue weighted by Gasteiger charge is -2.34. The summed E-state index contributed by atoms with van der Waals surface area (Å²) in [6.45, 7) is 5.24. The average molecular weight is 445 g/mol. The summed E-state index contributed by atoms with van der Waals surface area (Å²) < 4.78 is 68.9. The number of nitrogens with zero attached hydrogens (tertiary/aromatic N) is 4. The van der Waals surface area contributed by atoms with Gasteiger partial charge in [0, 0.05) is 44.5 Å². The van der Waals surface area contributed by atoms with Gasteiger partial charge in [0.15, 0.2) is 0 Å². The van der Waals surface area contributed by atoms with Crippen molar-refractivity contribution in [3.05, 3.63) is 36.0 Å². The van der Waals surface area contributed by atoms with Gasteiger partial charge in [0.2, 0.25) is 16.0 Å². The lowest BCUT2D eigenvalue weighted by molar-refractivity contribution is -0.275. The fourth-order valence-electron chi connectivity index (χ4n) is 3.11. The summed E-state index contributed by atoms with van der Waals surface area (Å²) in [7, 11) is -4.17. The van der Waals surface area contributed by atoms with Crippen molar-refractivity contribution in [3.63, 3.8) is 0 Å². The van der Waals surface area contributed by atoms with Gasteiger partial charge in [0.1, 0.15) is 16.5 Å². The third-order valence-electron chi connectivity index (χ3n) is 4.41. The van der Waals surface area contributed by atoms with E-state index in [0.29, 0.717) is 31.4 Å². The molecule has 0 bridgehead atoms. The highest BCUT2D eigenvalue weighted by atomic mass is 32.2. The first-order valence-corrected chi connectivity index (χ1v) is 10.7. The Kier molecular flexibility index (Phi) is 6.36. The summed E-state index contributed by atoms with van der Waals surface area (Å²) in [6.07, 6.45) is -4.99. The molecule has 1 aliphatic heterocycles. The molecule has 1 saturated heterocycles. The molecule has 0 unspecified atom stereocenters. The molecule has 0 radical (unpaired) electrons. The summed E-state index contributed by atoms with van der Waals surface area (Å²) >= 11 is 0. The first-order valence-electron chi connectivity index (χ1n) is 9.29. The molecular weight excluding hydrogens is 423 g/mol. The van der Waals surface area contributed by atoms with Crippen molar-refractivity contribution in [2.45, 2.75) is 25.1 Å². The summed E-state index contributed by atoms with van der Waals surface area (Å²) in [4.78, 5) is 10.2. The third-order valence-corrected chi connectivity index (χ3v) is 6.35. The second-order valence-corrected chi connectivity index (χ2v) is 8.52. The number of anilines is 2. The van der Waals surface area contributed by atoms with Crippen LogP contribution >= 0.6 is 0 Å². The number of hydrogen-bond donors (Lipinski definition) is 1. The maximum atomic E-state index is 12.9. The summed E-state index contributed by atoms with van der Waals surface area (Å²) in [5.74, 6) is 0.404. The maximum absolute atomic E-state index is 12.9. The first kappa shape index (κ1) is 22.1. The molecule has 1 aromatic heterocycles. The Hall–Kier alpha value is -2.60. The van der Waals surface area contributed by atoms with E-state index in [2.05, 4.69) is 20.0 Å². The Labute approximate surface area is 172 Å². The molecule has 164 valence electrons. The molecule has 2 aromatic rings. The number of piperazine rings is 1. The molecule has 2 heterocycles. The molecule has 8 nitrogen and oxygen atoms in total. The molecule has 0 aliphatic carbocycles. The number of nitrogens with one attached hydrogen (secondary N) is 1. The van der Waals surface area contributed by atoms with E-state index in [1.807, 2.05) is 24.8 Å². The fraction of sp³-hybridized carbons (Fsp3) is 0.444. The molecule has 1 N–H and O–H groups in total. The van der Waals surface area contributed by atoms with Gasteiger partial charge in [-0.25, -0.2) is 13.4 Å². The number of halogens is 3. The number of para-hydroxylation sites is 1. The number of aromatic nitrogens is 2. The van der Waals surface area contributed by atoms with Gasteiger partial charge in [0.25, 0.3) is 0 Å². The van der Waals surface area contributed by atoms with Crippen molar-refractivity contribution in [2.24, 2.45) is 0 Å². The molecule has 12 heteroatoms. The number of ether oxygens (including phenoxy) is 1. The Morgan fingerprint density at radius 2 is 1.80 bits per heavy atom. The van der Waals surface area contributed by atoms with E-state index in [0.717, 1.165) is 22.1 Å². The minimum Gasteiger partial charge on any atom is -0.404 e. The standard InChI is InChI=1S/C18H22F3N5O3S/c1-3-22-16-12-13(2)23-17(24-16)25-8-10-26(11-9-25)30(27,28)15-7-5-4-6-14(15)29-18(19,20)21/h4-7,12H,3,8-11H2,1-2H3,(H,22,23,24). The van der Waals surface area contributed by atoms with E-state index < -0.39 is 27.0 Å². The van der Waals surface area contributed by atoms with Crippen molar-refractivity contribution in [1.29, 1.82) is 0 Å². The summed E-state index contributed by atoms with van der Waals surface area (Å²) in [5.41, 5.74) is 0.768. The van der Waals surface area contributed by atoms with Crippen molar-refractivity contribution >= 4 is 21.8 Å². The fourth-order valence-corrected chi connectivity index (χ4v) is 4.64. The van der Waals surface area contributed by atoms with Crippen LogP contribution < -0.4 is 15.0 Å². The Balaban J connectivity index is 1.77. The lowest BCUT2D eigenvalue weighted by atomic mass is 10.3. The van der Waals surface area contributed by atoms with Crippen molar-refractivity contribution in [3.8, 4) is 5.75 Å². The first-order chi connectivity index (χ1) is 14.1. The monoisotopic (exact) mass is 445 g/mol. The SMILES string of the molecule is CCNc1cc(C)nc(N2CCN(S(=O)(=O)c3ccccc3OC(F)(F)F)CC2)n1. The molecule has 3 rings (SSSR count). The van der Waals surface area contributed by atoms with Crippen molar-refractivity contribution in [2.75, 3.05) is 42.9 Å². The smallest absolute Gasteiger partial charge is 0.404 e. The summed E-state index contributed by atoms with van der Waals surface area (Å²) in [5, 5.41) is 3.12. The summed E-state index contributed by atoms with van der Waals surface area (Å²) in [6, 6.07) is 6.55. The number of rotatable bonds is 6.